The van der Waals surface area contributed by atoms with Crippen molar-refractivity contribution >= 4 is 29.3 Å². The number of aromatic carboxylic acids is 2. The first-order valence-electron chi connectivity index (χ1n) is 5.81. The van der Waals surface area contributed by atoms with Crippen LogP contribution in [-0.4, -0.2) is 27.9 Å². The van der Waals surface area contributed by atoms with Crippen molar-refractivity contribution in [2.75, 3.05) is 0 Å². The summed E-state index contributed by atoms with van der Waals surface area (Å²) in [7, 11) is 0. The Morgan fingerprint density at radius 1 is 0.762 bits per heavy atom. The molecular weight excluding hydrogens is 296 g/mol. The molecule has 0 fully saturated rings. The second-order valence-electron chi connectivity index (χ2n) is 4.21. The number of halogens is 1. The van der Waals surface area contributed by atoms with E-state index in [1.54, 1.807) is 12.1 Å². The number of carbonyl (C=O) groups excluding carboxylic acids is 1. The number of rotatable bonds is 4. The van der Waals surface area contributed by atoms with E-state index >= 15 is 0 Å². The van der Waals surface area contributed by atoms with Crippen LogP contribution in [0.5, 0.6) is 0 Å². The molecule has 106 valence electrons. The molecule has 0 aliphatic carbocycles. The highest BCUT2D eigenvalue weighted by Crippen LogP contribution is 2.17. The molecular formula is C15H9ClO5. The van der Waals surface area contributed by atoms with Crippen molar-refractivity contribution in [1.29, 1.82) is 0 Å². The number of carboxylic acid groups (broad SMARTS) is 2. The summed E-state index contributed by atoms with van der Waals surface area (Å²) in [5.41, 5.74) is -0.365. The monoisotopic (exact) mass is 304 g/mol. The predicted molar refractivity (Wildman–Crippen MR) is 75.2 cm³/mol. The summed E-state index contributed by atoms with van der Waals surface area (Å²) >= 11 is 5.73. The normalized spacial score (nSPS) is 10.1. The van der Waals surface area contributed by atoms with Gasteiger partial charge in [0.15, 0.2) is 5.78 Å². The fraction of sp³-hybridized carbons (Fsp3) is 0. The van der Waals surface area contributed by atoms with Gasteiger partial charge in [-0.25, -0.2) is 9.59 Å². The summed E-state index contributed by atoms with van der Waals surface area (Å²) in [4.78, 5) is 34.3. The zero-order valence-electron chi connectivity index (χ0n) is 10.5. The molecule has 0 heterocycles. The SMILES string of the molecule is O=C(c1ccc(Cl)cc1)c1ccc(C(=O)O)c(C(=O)O)c1. The first-order valence-corrected chi connectivity index (χ1v) is 6.19. The molecule has 2 aromatic carbocycles. The summed E-state index contributed by atoms with van der Waals surface area (Å²) in [6, 6.07) is 9.55. The Kier molecular flexibility index (Phi) is 4.05. The fourth-order valence-corrected chi connectivity index (χ4v) is 1.94. The molecule has 21 heavy (non-hydrogen) atoms. The highest BCUT2D eigenvalue weighted by molar-refractivity contribution is 6.30. The highest BCUT2D eigenvalue weighted by Gasteiger charge is 2.19. The van der Waals surface area contributed by atoms with Crippen molar-refractivity contribution in [3.05, 3.63) is 69.7 Å². The van der Waals surface area contributed by atoms with Gasteiger partial charge in [-0.1, -0.05) is 17.7 Å². The van der Waals surface area contributed by atoms with Crippen LogP contribution in [0.1, 0.15) is 36.6 Å². The van der Waals surface area contributed by atoms with Crippen LogP contribution in [0.4, 0.5) is 0 Å². The van der Waals surface area contributed by atoms with Gasteiger partial charge in [-0.05, 0) is 36.4 Å². The molecule has 0 unspecified atom stereocenters. The molecule has 0 radical (unpaired) electrons. The number of benzene rings is 2. The molecule has 0 aliphatic heterocycles. The second kappa shape index (κ2) is 5.76. The lowest BCUT2D eigenvalue weighted by Crippen LogP contribution is -2.10. The molecule has 2 aromatic rings. The van der Waals surface area contributed by atoms with Gasteiger partial charge in [-0.15, -0.1) is 0 Å². The second-order valence-corrected chi connectivity index (χ2v) is 4.64. The highest BCUT2D eigenvalue weighted by atomic mass is 35.5. The van der Waals surface area contributed by atoms with Gasteiger partial charge in [0, 0.05) is 16.1 Å². The molecule has 0 saturated carbocycles. The summed E-state index contributed by atoms with van der Waals surface area (Å²) in [6.07, 6.45) is 0. The molecule has 0 aromatic heterocycles. The van der Waals surface area contributed by atoms with Crippen molar-refractivity contribution < 1.29 is 24.6 Å². The van der Waals surface area contributed by atoms with Crippen LogP contribution in [0.15, 0.2) is 42.5 Å². The van der Waals surface area contributed by atoms with E-state index in [1.165, 1.54) is 18.2 Å². The van der Waals surface area contributed by atoms with E-state index in [0.717, 1.165) is 12.1 Å². The minimum atomic E-state index is -1.40. The van der Waals surface area contributed by atoms with Crippen LogP contribution in [0.2, 0.25) is 5.02 Å². The predicted octanol–water partition coefficient (Wildman–Crippen LogP) is 2.97. The molecule has 0 atom stereocenters. The molecule has 0 amide bonds. The zero-order chi connectivity index (χ0) is 15.6. The van der Waals surface area contributed by atoms with Gasteiger partial charge in [0.05, 0.1) is 11.1 Å². The van der Waals surface area contributed by atoms with Gasteiger partial charge in [-0.2, -0.15) is 0 Å². The van der Waals surface area contributed by atoms with E-state index in [-0.39, 0.29) is 11.1 Å². The maximum absolute atomic E-state index is 12.2. The number of carbonyl (C=O) groups is 3. The Labute approximate surface area is 124 Å². The lowest BCUT2D eigenvalue weighted by Gasteiger charge is -2.05. The van der Waals surface area contributed by atoms with Crippen LogP contribution in [0.3, 0.4) is 0 Å². The van der Waals surface area contributed by atoms with E-state index in [9.17, 15) is 14.4 Å². The van der Waals surface area contributed by atoms with Crippen molar-refractivity contribution in [2.45, 2.75) is 0 Å². The smallest absolute Gasteiger partial charge is 0.336 e. The van der Waals surface area contributed by atoms with E-state index in [2.05, 4.69) is 0 Å². The van der Waals surface area contributed by atoms with Crippen molar-refractivity contribution in [1.82, 2.24) is 0 Å². The van der Waals surface area contributed by atoms with Crippen LogP contribution >= 0.6 is 11.6 Å². The number of carboxylic acids is 2. The Balaban J connectivity index is 2.47. The summed E-state index contributed by atoms with van der Waals surface area (Å²) in [5, 5.41) is 18.4. The topological polar surface area (TPSA) is 91.7 Å². The molecule has 0 bridgehead atoms. The Bertz CT molecular complexity index is 734. The van der Waals surface area contributed by atoms with Crippen LogP contribution in [-0.2, 0) is 0 Å². The fourth-order valence-electron chi connectivity index (χ4n) is 1.82. The molecule has 2 N–H and O–H groups in total. The number of hydrogen-bond donors (Lipinski definition) is 2. The van der Waals surface area contributed by atoms with Crippen LogP contribution in [0.25, 0.3) is 0 Å². The molecule has 0 saturated heterocycles. The average molecular weight is 305 g/mol. The Morgan fingerprint density at radius 3 is 1.81 bits per heavy atom. The molecule has 6 heteroatoms. The van der Waals surface area contributed by atoms with Gasteiger partial charge >= 0.3 is 11.9 Å². The zero-order valence-corrected chi connectivity index (χ0v) is 11.3. The van der Waals surface area contributed by atoms with E-state index in [0.29, 0.717) is 10.6 Å². The van der Waals surface area contributed by atoms with Gasteiger partial charge in [0.25, 0.3) is 0 Å². The van der Waals surface area contributed by atoms with Gasteiger partial charge in [0.2, 0.25) is 0 Å². The van der Waals surface area contributed by atoms with Crippen molar-refractivity contribution in [3.8, 4) is 0 Å². The van der Waals surface area contributed by atoms with Crippen molar-refractivity contribution in [2.24, 2.45) is 0 Å². The Morgan fingerprint density at radius 2 is 1.29 bits per heavy atom. The maximum Gasteiger partial charge on any atom is 0.336 e. The van der Waals surface area contributed by atoms with Crippen LogP contribution in [0, 0.1) is 0 Å². The minimum absolute atomic E-state index is 0.0970. The Hall–Kier alpha value is -2.66. The number of ketones is 1. The maximum atomic E-state index is 12.2. The van der Waals surface area contributed by atoms with E-state index in [1.807, 2.05) is 0 Å². The van der Waals surface area contributed by atoms with Crippen molar-refractivity contribution in [3.63, 3.8) is 0 Å². The van der Waals surface area contributed by atoms with Gasteiger partial charge in [-0.3, -0.25) is 4.79 Å². The molecule has 5 nitrogen and oxygen atoms in total. The lowest BCUT2D eigenvalue weighted by molar-refractivity contribution is 0.0651. The molecule has 0 aliphatic rings. The van der Waals surface area contributed by atoms with Crippen LogP contribution < -0.4 is 0 Å². The third-order valence-electron chi connectivity index (χ3n) is 2.85. The van der Waals surface area contributed by atoms with Gasteiger partial charge in [0.1, 0.15) is 0 Å². The average Bonchev–Trinajstić information content (AvgIpc) is 2.46. The molecule has 2 rings (SSSR count). The molecule has 0 spiro atoms. The largest absolute Gasteiger partial charge is 0.478 e. The summed E-state index contributed by atoms with van der Waals surface area (Å²) in [5.74, 6) is -3.18. The van der Waals surface area contributed by atoms with Gasteiger partial charge < -0.3 is 10.2 Å². The number of hydrogen-bond acceptors (Lipinski definition) is 3. The van der Waals surface area contributed by atoms with E-state index in [4.69, 9.17) is 21.8 Å². The lowest BCUT2D eigenvalue weighted by atomic mass is 9.98. The first-order chi connectivity index (χ1) is 9.90. The standard InChI is InChI=1S/C15H9ClO5/c16-10-4-1-8(2-5-10)13(17)9-3-6-11(14(18)19)12(7-9)15(20)21/h1-7H,(H,18,19)(H,20,21). The first kappa shape index (κ1) is 14.7. The van der Waals surface area contributed by atoms with E-state index < -0.39 is 23.3 Å². The third kappa shape index (κ3) is 3.09. The minimum Gasteiger partial charge on any atom is -0.478 e. The summed E-state index contributed by atoms with van der Waals surface area (Å²) < 4.78 is 0. The quantitative estimate of drug-likeness (QED) is 0.847. The summed E-state index contributed by atoms with van der Waals surface area (Å²) in [6.45, 7) is 0. The third-order valence-corrected chi connectivity index (χ3v) is 3.10.